The molecular weight excluding hydrogens is 381 g/mol. The van der Waals surface area contributed by atoms with E-state index in [0.717, 1.165) is 5.56 Å². The maximum absolute atomic E-state index is 11.7. The number of carbonyl (C=O) groups excluding carboxylic acids is 2. The van der Waals surface area contributed by atoms with Gasteiger partial charge in [-0.25, -0.2) is 14.4 Å². The van der Waals surface area contributed by atoms with Crippen LogP contribution in [0.15, 0.2) is 35.3 Å². The van der Waals surface area contributed by atoms with Crippen LogP contribution in [0.5, 0.6) is 0 Å². The number of alkyl carbamates (subject to hydrolysis) is 2. The van der Waals surface area contributed by atoms with Crippen LogP contribution in [0.1, 0.15) is 39.2 Å². The first-order chi connectivity index (χ1) is 13.6. The van der Waals surface area contributed by atoms with Gasteiger partial charge in [-0.05, 0) is 39.2 Å². The first kappa shape index (κ1) is 23.7. The van der Waals surface area contributed by atoms with E-state index in [1.165, 1.54) is 0 Å². The van der Waals surface area contributed by atoms with Gasteiger partial charge in [0.1, 0.15) is 18.2 Å². The number of hydrogen-bond acceptors (Lipinski definition) is 6. The molecule has 160 valence electrons. The molecule has 1 rings (SSSR count). The molecule has 0 aliphatic rings. The Labute approximate surface area is 169 Å². The fourth-order valence-electron chi connectivity index (χ4n) is 2.11. The molecule has 29 heavy (non-hydrogen) atoms. The summed E-state index contributed by atoms with van der Waals surface area (Å²) < 4.78 is 10.0. The van der Waals surface area contributed by atoms with Gasteiger partial charge in [0.05, 0.1) is 0 Å². The third-order valence-electron chi connectivity index (χ3n) is 3.37. The molecule has 10 nitrogen and oxygen atoms in total. The number of nitrogens with one attached hydrogen (secondary N) is 2. The predicted molar refractivity (Wildman–Crippen MR) is 106 cm³/mol. The van der Waals surface area contributed by atoms with E-state index in [0.29, 0.717) is 6.42 Å². The number of benzene rings is 1. The molecule has 10 heteroatoms. The SMILES string of the molecule is CC(C)(C)OC(=O)N[C@@H](CCCN=C(N)NC(=O)OCc1ccccc1)[13C](=O)O. The normalized spacial score (nSPS) is 12.6. The van der Waals surface area contributed by atoms with Crippen LogP contribution in [0.4, 0.5) is 9.59 Å². The summed E-state index contributed by atoms with van der Waals surface area (Å²) in [5, 5.41) is 13.8. The predicted octanol–water partition coefficient (Wildman–Crippen LogP) is 1.99. The van der Waals surface area contributed by atoms with Crippen molar-refractivity contribution >= 4 is 24.1 Å². The summed E-state index contributed by atoms with van der Waals surface area (Å²) in [6.45, 7) is 5.29. The fraction of sp³-hybridized carbons (Fsp3) is 0.474. The van der Waals surface area contributed by atoms with Crippen molar-refractivity contribution in [1.82, 2.24) is 10.6 Å². The van der Waals surface area contributed by atoms with Crippen molar-refractivity contribution in [3.8, 4) is 0 Å². The van der Waals surface area contributed by atoms with Crippen LogP contribution in [0.2, 0.25) is 0 Å². The number of carbonyl (C=O) groups is 3. The Kier molecular flexibility index (Phi) is 9.43. The number of guanidine groups is 1. The van der Waals surface area contributed by atoms with Gasteiger partial charge in [-0.15, -0.1) is 0 Å². The van der Waals surface area contributed by atoms with Gasteiger partial charge >= 0.3 is 18.2 Å². The van der Waals surface area contributed by atoms with E-state index in [9.17, 15) is 19.5 Å². The lowest BCUT2D eigenvalue weighted by atomic mass is 10.2. The molecule has 0 aliphatic heterocycles. The summed E-state index contributed by atoms with van der Waals surface area (Å²) in [4.78, 5) is 38.5. The van der Waals surface area contributed by atoms with Gasteiger partial charge in [-0.2, -0.15) is 0 Å². The van der Waals surface area contributed by atoms with Gasteiger partial charge in [-0.1, -0.05) is 30.3 Å². The fourth-order valence-corrected chi connectivity index (χ4v) is 2.11. The highest BCUT2D eigenvalue weighted by atomic mass is 16.6. The summed E-state index contributed by atoms with van der Waals surface area (Å²) in [6.07, 6.45) is -1.13. The van der Waals surface area contributed by atoms with Crippen LogP contribution in [-0.4, -0.2) is 47.4 Å². The average Bonchev–Trinajstić information content (AvgIpc) is 2.61. The molecule has 0 radical (unpaired) electrons. The van der Waals surface area contributed by atoms with Crippen molar-refractivity contribution in [3.63, 3.8) is 0 Å². The van der Waals surface area contributed by atoms with Gasteiger partial charge in [0.2, 0.25) is 0 Å². The average molecular weight is 409 g/mol. The smallest absolute Gasteiger partial charge is 0.414 e. The number of carboxylic acids is 1. The third-order valence-corrected chi connectivity index (χ3v) is 3.37. The Bertz CT molecular complexity index is 715. The molecule has 5 N–H and O–H groups in total. The van der Waals surface area contributed by atoms with E-state index in [-0.39, 0.29) is 25.5 Å². The topological polar surface area (TPSA) is 152 Å². The third kappa shape index (κ3) is 11.2. The van der Waals surface area contributed by atoms with Crippen molar-refractivity contribution in [2.24, 2.45) is 10.7 Å². The van der Waals surface area contributed by atoms with Crippen LogP contribution in [0.25, 0.3) is 0 Å². The minimum atomic E-state index is -1.18. The zero-order chi connectivity index (χ0) is 21.9. The number of amides is 2. The Morgan fingerprint density at radius 2 is 1.83 bits per heavy atom. The van der Waals surface area contributed by atoms with Crippen LogP contribution in [0.3, 0.4) is 0 Å². The minimum Gasteiger partial charge on any atom is -0.480 e. The number of hydrogen-bond donors (Lipinski definition) is 4. The summed E-state index contributed by atoms with van der Waals surface area (Å²) in [6, 6.07) is 8.02. The number of carboxylic acid groups (broad SMARTS) is 1. The van der Waals surface area contributed by atoms with E-state index in [4.69, 9.17) is 15.2 Å². The Balaban J connectivity index is 2.34. The molecule has 0 spiro atoms. The molecule has 0 fully saturated rings. The van der Waals surface area contributed by atoms with Crippen LogP contribution >= 0.6 is 0 Å². The van der Waals surface area contributed by atoms with Gasteiger partial charge in [0.25, 0.3) is 0 Å². The zero-order valence-corrected chi connectivity index (χ0v) is 16.8. The number of aliphatic carboxylic acids is 1. The molecular formula is C19H28N4O6. The van der Waals surface area contributed by atoms with E-state index < -0.39 is 29.8 Å². The molecule has 0 aliphatic carbocycles. The highest BCUT2D eigenvalue weighted by Gasteiger charge is 2.23. The number of nitrogens with zero attached hydrogens (tertiary/aromatic N) is 1. The number of rotatable bonds is 8. The van der Waals surface area contributed by atoms with Gasteiger partial charge < -0.3 is 25.6 Å². The summed E-state index contributed by atoms with van der Waals surface area (Å²) in [5.41, 5.74) is 5.70. The first-order valence-corrected chi connectivity index (χ1v) is 9.07. The lowest BCUT2D eigenvalue weighted by molar-refractivity contribution is -0.139. The van der Waals surface area contributed by atoms with E-state index in [2.05, 4.69) is 15.6 Å². The largest absolute Gasteiger partial charge is 0.480 e. The van der Waals surface area contributed by atoms with Gasteiger partial charge in [0.15, 0.2) is 5.96 Å². The number of aliphatic imine (C=N–C) groups is 1. The van der Waals surface area contributed by atoms with Crippen molar-refractivity contribution in [2.45, 2.75) is 51.9 Å². The molecule has 2 amide bonds. The van der Waals surface area contributed by atoms with Crippen molar-refractivity contribution in [3.05, 3.63) is 35.9 Å². The van der Waals surface area contributed by atoms with Crippen LogP contribution < -0.4 is 16.4 Å². The second-order valence-corrected chi connectivity index (χ2v) is 7.13. The highest BCUT2D eigenvalue weighted by Crippen LogP contribution is 2.08. The minimum absolute atomic E-state index is 0.0938. The lowest BCUT2D eigenvalue weighted by Crippen LogP contribution is -2.43. The zero-order valence-electron chi connectivity index (χ0n) is 16.8. The lowest BCUT2D eigenvalue weighted by Gasteiger charge is -2.21. The Morgan fingerprint density at radius 1 is 1.17 bits per heavy atom. The highest BCUT2D eigenvalue weighted by molar-refractivity contribution is 5.92. The van der Waals surface area contributed by atoms with Gasteiger partial charge in [-0.3, -0.25) is 10.3 Å². The summed E-state index contributed by atoms with van der Waals surface area (Å²) in [5.74, 6) is -1.33. The molecule has 0 saturated heterocycles. The van der Waals surface area contributed by atoms with E-state index in [1.807, 2.05) is 30.3 Å². The van der Waals surface area contributed by atoms with Crippen LogP contribution in [0, 0.1) is 0 Å². The van der Waals surface area contributed by atoms with Crippen molar-refractivity contribution in [1.29, 1.82) is 0 Å². The molecule has 0 unspecified atom stereocenters. The van der Waals surface area contributed by atoms with E-state index >= 15 is 0 Å². The Morgan fingerprint density at radius 3 is 2.41 bits per heavy atom. The summed E-state index contributed by atoms with van der Waals surface area (Å²) >= 11 is 0. The molecule has 1 atom stereocenters. The van der Waals surface area contributed by atoms with Crippen molar-refractivity contribution in [2.75, 3.05) is 6.54 Å². The van der Waals surface area contributed by atoms with Gasteiger partial charge in [0, 0.05) is 6.54 Å². The monoisotopic (exact) mass is 409 g/mol. The maximum atomic E-state index is 11.7. The quantitative estimate of drug-likeness (QED) is 0.222. The van der Waals surface area contributed by atoms with Crippen molar-refractivity contribution < 1.29 is 29.0 Å². The van der Waals surface area contributed by atoms with Crippen LogP contribution in [-0.2, 0) is 20.9 Å². The molecule has 0 aromatic heterocycles. The van der Waals surface area contributed by atoms with E-state index in [1.54, 1.807) is 20.8 Å². The first-order valence-electron chi connectivity index (χ1n) is 9.07. The standard InChI is InChI=1S/C19H28N4O6/c1-19(2,3)29-18(27)22-14(15(24)25)10-7-11-21-16(20)23-17(26)28-12-13-8-5-4-6-9-13/h4-6,8-9,14H,7,10-12H2,1-3H3,(H,22,27)(H,24,25)(H3,20,21,23,26)/t14-/m0/s1/i15+1. The molecule has 0 saturated carbocycles. The molecule has 1 aromatic rings. The number of nitrogens with two attached hydrogens (primary N) is 1. The maximum Gasteiger partial charge on any atom is 0.414 e. The Hall–Kier alpha value is -3.30. The summed E-state index contributed by atoms with van der Waals surface area (Å²) in [7, 11) is 0. The number of ether oxygens (including phenoxy) is 2. The molecule has 1 aromatic carbocycles. The second-order valence-electron chi connectivity index (χ2n) is 7.13. The molecule has 0 heterocycles. The molecule has 0 bridgehead atoms. The second kappa shape index (κ2) is 11.5.